The molecule has 0 saturated carbocycles. The highest BCUT2D eigenvalue weighted by Crippen LogP contribution is 2.22. The van der Waals surface area contributed by atoms with Crippen LogP contribution in [0.3, 0.4) is 0 Å². The fourth-order valence-corrected chi connectivity index (χ4v) is 1.52. The minimum absolute atomic E-state index is 0.428. The third-order valence-electron chi connectivity index (χ3n) is 2.15. The first kappa shape index (κ1) is 9.09. The van der Waals surface area contributed by atoms with Crippen LogP contribution in [0.25, 0.3) is 10.9 Å². The number of aromatic nitrogens is 2. The van der Waals surface area contributed by atoms with E-state index in [-0.39, 0.29) is 0 Å². The standard InChI is InChI=1S/C11H13N3/c1-11(2,12)10-8-5-3-4-6-9(8)13-7-14-10/h3-7H,12H2,1-2H3. The summed E-state index contributed by atoms with van der Waals surface area (Å²) in [4.78, 5) is 8.43. The van der Waals surface area contributed by atoms with Crippen molar-refractivity contribution in [1.29, 1.82) is 0 Å². The lowest BCUT2D eigenvalue weighted by atomic mass is 9.98. The van der Waals surface area contributed by atoms with Crippen molar-refractivity contribution in [1.82, 2.24) is 9.97 Å². The van der Waals surface area contributed by atoms with Gasteiger partial charge in [-0.05, 0) is 19.9 Å². The Bertz CT molecular complexity index is 452. The Hall–Kier alpha value is -1.48. The third-order valence-corrected chi connectivity index (χ3v) is 2.15. The molecule has 0 atom stereocenters. The van der Waals surface area contributed by atoms with Gasteiger partial charge in [0.15, 0.2) is 0 Å². The molecule has 2 rings (SSSR count). The van der Waals surface area contributed by atoms with E-state index in [9.17, 15) is 0 Å². The molecule has 3 nitrogen and oxygen atoms in total. The lowest BCUT2D eigenvalue weighted by Gasteiger charge is -2.19. The Labute approximate surface area is 83.0 Å². The lowest BCUT2D eigenvalue weighted by Crippen LogP contribution is -2.30. The minimum Gasteiger partial charge on any atom is -0.321 e. The summed E-state index contributed by atoms with van der Waals surface area (Å²) < 4.78 is 0. The van der Waals surface area contributed by atoms with Crippen LogP contribution in [0.5, 0.6) is 0 Å². The van der Waals surface area contributed by atoms with Crippen LogP contribution < -0.4 is 5.73 Å². The largest absolute Gasteiger partial charge is 0.321 e. The van der Waals surface area contributed by atoms with E-state index in [0.717, 1.165) is 16.6 Å². The molecule has 2 aromatic rings. The maximum absolute atomic E-state index is 6.03. The van der Waals surface area contributed by atoms with Gasteiger partial charge in [-0.2, -0.15) is 0 Å². The van der Waals surface area contributed by atoms with Gasteiger partial charge in [-0.1, -0.05) is 18.2 Å². The fourth-order valence-electron chi connectivity index (χ4n) is 1.52. The monoisotopic (exact) mass is 187 g/mol. The highest BCUT2D eigenvalue weighted by molar-refractivity contribution is 5.81. The second-order valence-electron chi connectivity index (χ2n) is 3.96. The maximum atomic E-state index is 6.03. The molecule has 0 unspecified atom stereocenters. The number of fused-ring (bicyclic) bond motifs is 1. The summed E-state index contributed by atoms with van der Waals surface area (Å²) in [6.45, 7) is 3.89. The SMILES string of the molecule is CC(C)(N)c1ncnc2ccccc12. The summed E-state index contributed by atoms with van der Waals surface area (Å²) in [5.41, 5.74) is 7.44. The summed E-state index contributed by atoms with van der Waals surface area (Å²) in [5, 5.41) is 1.03. The molecule has 0 spiro atoms. The molecular weight excluding hydrogens is 174 g/mol. The van der Waals surface area contributed by atoms with Crippen LogP contribution in [-0.2, 0) is 5.54 Å². The predicted octanol–water partition coefficient (Wildman–Crippen LogP) is 1.82. The second kappa shape index (κ2) is 3.03. The number of hydrogen-bond acceptors (Lipinski definition) is 3. The van der Waals surface area contributed by atoms with Gasteiger partial charge in [0, 0.05) is 5.39 Å². The predicted molar refractivity (Wildman–Crippen MR) is 56.8 cm³/mol. The first-order valence-corrected chi connectivity index (χ1v) is 4.58. The zero-order valence-electron chi connectivity index (χ0n) is 8.36. The van der Waals surface area contributed by atoms with E-state index in [0.29, 0.717) is 0 Å². The minimum atomic E-state index is -0.428. The molecule has 14 heavy (non-hydrogen) atoms. The third kappa shape index (κ3) is 1.46. The summed E-state index contributed by atoms with van der Waals surface area (Å²) >= 11 is 0. The van der Waals surface area contributed by atoms with Gasteiger partial charge < -0.3 is 5.73 Å². The molecule has 1 aromatic heterocycles. The number of para-hydroxylation sites is 1. The quantitative estimate of drug-likeness (QED) is 0.741. The summed E-state index contributed by atoms with van der Waals surface area (Å²) in [5.74, 6) is 0. The molecule has 2 N–H and O–H groups in total. The molecular formula is C11H13N3. The molecule has 1 heterocycles. The van der Waals surface area contributed by atoms with E-state index < -0.39 is 5.54 Å². The summed E-state index contributed by atoms with van der Waals surface area (Å²) in [7, 11) is 0. The van der Waals surface area contributed by atoms with Crippen LogP contribution in [-0.4, -0.2) is 9.97 Å². The molecule has 0 aliphatic carbocycles. The number of rotatable bonds is 1. The molecule has 0 radical (unpaired) electrons. The Morgan fingerprint density at radius 1 is 1.14 bits per heavy atom. The van der Waals surface area contributed by atoms with E-state index in [1.807, 2.05) is 38.1 Å². The average molecular weight is 187 g/mol. The number of benzene rings is 1. The molecule has 0 fully saturated rings. The van der Waals surface area contributed by atoms with Gasteiger partial charge in [-0.15, -0.1) is 0 Å². The van der Waals surface area contributed by atoms with Gasteiger partial charge in [0.05, 0.1) is 16.7 Å². The fraction of sp³-hybridized carbons (Fsp3) is 0.273. The first-order valence-electron chi connectivity index (χ1n) is 4.58. The first-order chi connectivity index (χ1) is 6.59. The second-order valence-corrected chi connectivity index (χ2v) is 3.96. The Morgan fingerprint density at radius 2 is 1.86 bits per heavy atom. The van der Waals surface area contributed by atoms with Crippen LogP contribution in [0.4, 0.5) is 0 Å². The van der Waals surface area contributed by atoms with Gasteiger partial charge in [-0.25, -0.2) is 9.97 Å². The van der Waals surface area contributed by atoms with E-state index >= 15 is 0 Å². The molecule has 0 aliphatic rings. The van der Waals surface area contributed by atoms with Gasteiger partial charge in [0.2, 0.25) is 0 Å². The normalized spacial score (nSPS) is 11.9. The van der Waals surface area contributed by atoms with Crippen LogP contribution in [0, 0.1) is 0 Å². The molecule has 0 saturated heterocycles. The zero-order chi connectivity index (χ0) is 10.2. The van der Waals surface area contributed by atoms with Gasteiger partial charge in [0.25, 0.3) is 0 Å². The van der Waals surface area contributed by atoms with E-state index in [4.69, 9.17) is 5.73 Å². The Balaban J connectivity index is 2.78. The van der Waals surface area contributed by atoms with E-state index in [1.54, 1.807) is 6.33 Å². The number of hydrogen-bond donors (Lipinski definition) is 1. The van der Waals surface area contributed by atoms with Crippen LogP contribution in [0.15, 0.2) is 30.6 Å². The number of nitrogens with zero attached hydrogens (tertiary/aromatic N) is 2. The van der Waals surface area contributed by atoms with Crippen molar-refractivity contribution in [3.8, 4) is 0 Å². The highest BCUT2D eigenvalue weighted by Gasteiger charge is 2.18. The average Bonchev–Trinajstić information content (AvgIpc) is 2.15. The van der Waals surface area contributed by atoms with Crippen molar-refractivity contribution >= 4 is 10.9 Å². The molecule has 0 aliphatic heterocycles. The van der Waals surface area contributed by atoms with Gasteiger partial charge in [0.1, 0.15) is 6.33 Å². The smallest absolute Gasteiger partial charge is 0.116 e. The Morgan fingerprint density at radius 3 is 2.57 bits per heavy atom. The van der Waals surface area contributed by atoms with Crippen LogP contribution >= 0.6 is 0 Å². The molecule has 0 amide bonds. The van der Waals surface area contributed by atoms with Crippen molar-refractivity contribution < 1.29 is 0 Å². The van der Waals surface area contributed by atoms with Crippen molar-refractivity contribution in [2.24, 2.45) is 5.73 Å². The van der Waals surface area contributed by atoms with Gasteiger partial charge in [-0.3, -0.25) is 0 Å². The molecule has 1 aromatic carbocycles. The summed E-state index contributed by atoms with van der Waals surface area (Å²) in [6, 6.07) is 7.90. The van der Waals surface area contributed by atoms with Crippen molar-refractivity contribution in [3.05, 3.63) is 36.3 Å². The van der Waals surface area contributed by atoms with Crippen molar-refractivity contribution in [2.45, 2.75) is 19.4 Å². The van der Waals surface area contributed by atoms with Crippen LogP contribution in [0.1, 0.15) is 19.5 Å². The highest BCUT2D eigenvalue weighted by atomic mass is 14.9. The summed E-state index contributed by atoms with van der Waals surface area (Å²) in [6.07, 6.45) is 1.56. The molecule has 0 bridgehead atoms. The van der Waals surface area contributed by atoms with E-state index in [2.05, 4.69) is 9.97 Å². The lowest BCUT2D eigenvalue weighted by molar-refractivity contribution is 0.540. The number of nitrogens with two attached hydrogens (primary N) is 1. The zero-order valence-corrected chi connectivity index (χ0v) is 8.36. The molecule has 3 heteroatoms. The maximum Gasteiger partial charge on any atom is 0.116 e. The van der Waals surface area contributed by atoms with Crippen molar-refractivity contribution in [3.63, 3.8) is 0 Å². The van der Waals surface area contributed by atoms with E-state index in [1.165, 1.54) is 0 Å². The van der Waals surface area contributed by atoms with Gasteiger partial charge >= 0.3 is 0 Å². The Kier molecular flexibility index (Phi) is 1.97. The van der Waals surface area contributed by atoms with Crippen LogP contribution in [0.2, 0.25) is 0 Å². The van der Waals surface area contributed by atoms with Crippen molar-refractivity contribution in [2.75, 3.05) is 0 Å². The topological polar surface area (TPSA) is 51.8 Å². The molecule has 72 valence electrons.